The number of fused-ring (bicyclic) bond motifs is 1. The zero-order valence-corrected chi connectivity index (χ0v) is 12.5. The van der Waals surface area contributed by atoms with E-state index >= 15 is 0 Å². The van der Waals surface area contributed by atoms with Crippen LogP contribution < -0.4 is 10.6 Å². The number of anilines is 2. The van der Waals surface area contributed by atoms with Crippen molar-refractivity contribution in [3.05, 3.63) is 41.2 Å². The molecule has 1 aliphatic rings. The number of nitrogen functional groups attached to an aromatic ring is 1. The number of nitrogens with two attached hydrogens (primary N) is 1. The molecule has 0 spiro atoms. The number of carbonyl (C=O) groups is 1. The van der Waals surface area contributed by atoms with Crippen LogP contribution in [-0.4, -0.2) is 22.2 Å². The van der Waals surface area contributed by atoms with E-state index < -0.39 is 0 Å². The summed E-state index contributed by atoms with van der Waals surface area (Å²) in [6.45, 7) is 4.76. The van der Waals surface area contributed by atoms with Crippen molar-refractivity contribution in [2.45, 2.75) is 33.2 Å². The van der Waals surface area contributed by atoms with E-state index in [9.17, 15) is 4.79 Å². The summed E-state index contributed by atoms with van der Waals surface area (Å²) >= 11 is 0. The highest BCUT2D eigenvalue weighted by atomic mass is 16.2. The van der Waals surface area contributed by atoms with Gasteiger partial charge < -0.3 is 10.6 Å². The Morgan fingerprint density at radius 2 is 2.10 bits per heavy atom. The lowest BCUT2D eigenvalue weighted by atomic mass is 10.0. The number of benzene rings is 1. The van der Waals surface area contributed by atoms with Gasteiger partial charge in [-0.1, -0.05) is 18.2 Å². The third-order valence-electron chi connectivity index (χ3n) is 4.13. The SMILES string of the molecule is Cc1nn(CC(=O)N2CCCc3ccccc32)c(C)c1N. The second-order valence-corrected chi connectivity index (χ2v) is 5.52. The van der Waals surface area contributed by atoms with Gasteiger partial charge in [-0.05, 0) is 38.3 Å². The molecule has 110 valence electrons. The van der Waals surface area contributed by atoms with Crippen LogP contribution in [0.1, 0.15) is 23.4 Å². The average molecular weight is 284 g/mol. The molecule has 1 aromatic carbocycles. The number of hydrogen-bond acceptors (Lipinski definition) is 3. The molecular weight excluding hydrogens is 264 g/mol. The Labute approximate surface area is 124 Å². The van der Waals surface area contributed by atoms with E-state index in [4.69, 9.17) is 5.73 Å². The first-order valence-electron chi connectivity index (χ1n) is 7.25. The van der Waals surface area contributed by atoms with Crippen molar-refractivity contribution < 1.29 is 4.79 Å². The minimum absolute atomic E-state index is 0.0627. The Morgan fingerprint density at radius 3 is 2.81 bits per heavy atom. The van der Waals surface area contributed by atoms with Crippen LogP contribution in [0.4, 0.5) is 11.4 Å². The molecule has 5 nitrogen and oxygen atoms in total. The van der Waals surface area contributed by atoms with E-state index in [0.717, 1.165) is 36.5 Å². The van der Waals surface area contributed by atoms with Crippen LogP contribution >= 0.6 is 0 Å². The van der Waals surface area contributed by atoms with Crippen molar-refractivity contribution in [2.24, 2.45) is 0 Å². The summed E-state index contributed by atoms with van der Waals surface area (Å²) < 4.78 is 1.70. The van der Waals surface area contributed by atoms with Gasteiger partial charge in [0.2, 0.25) is 5.91 Å². The molecule has 21 heavy (non-hydrogen) atoms. The highest BCUT2D eigenvalue weighted by Crippen LogP contribution is 2.27. The van der Waals surface area contributed by atoms with Gasteiger partial charge in [-0.15, -0.1) is 0 Å². The number of rotatable bonds is 2. The molecule has 2 N–H and O–H groups in total. The van der Waals surface area contributed by atoms with E-state index in [1.165, 1.54) is 5.56 Å². The molecule has 0 saturated heterocycles. The number of hydrogen-bond donors (Lipinski definition) is 1. The smallest absolute Gasteiger partial charge is 0.248 e. The molecule has 3 rings (SSSR count). The topological polar surface area (TPSA) is 64.2 Å². The Kier molecular flexibility index (Phi) is 3.41. The normalized spacial score (nSPS) is 14.1. The molecular formula is C16H20N4O. The average Bonchev–Trinajstić information content (AvgIpc) is 2.74. The fourth-order valence-electron chi connectivity index (χ4n) is 2.87. The zero-order chi connectivity index (χ0) is 15.0. The van der Waals surface area contributed by atoms with Gasteiger partial charge in [0, 0.05) is 12.2 Å². The lowest BCUT2D eigenvalue weighted by Gasteiger charge is -2.29. The highest BCUT2D eigenvalue weighted by Gasteiger charge is 2.23. The van der Waals surface area contributed by atoms with Crippen molar-refractivity contribution in [3.8, 4) is 0 Å². The molecule has 0 radical (unpaired) electrons. The monoisotopic (exact) mass is 284 g/mol. The van der Waals surface area contributed by atoms with Crippen LogP contribution in [0.3, 0.4) is 0 Å². The predicted molar refractivity (Wildman–Crippen MR) is 83.2 cm³/mol. The predicted octanol–water partition coefficient (Wildman–Crippen LogP) is 2.06. The number of amides is 1. The molecule has 0 atom stereocenters. The molecule has 1 amide bonds. The maximum Gasteiger partial charge on any atom is 0.248 e. The van der Waals surface area contributed by atoms with Crippen LogP contribution in [0.5, 0.6) is 0 Å². The summed E-state index contributed by atoms with van der Waals surface area (Å²) in [5, 5.41) is 4.34. The van der Waals surface area contributed by atoms with Crippen LogP contribution in [0.2, 0.25) is 0 Å². The minimum Gasteiger partial charge on any atom is -0.396 e. The van der Waals surface area contributed by atoms with E-state index in [0.29, 0.717) is 5.69 Å². The van der Waals surface area contributed by atoms with Crippen molar-refractivity contribution in [1.82, 2.24) is 9.78 Å². The van der Waals surface area contributed by atoms with E-state index in [1.807, 2.05) is 36.9 Å². The maximum absolute atomic E-state index is 12.6. The molecule has 2 aromatic rings. The molecule has 0 unspecified atom stereocenters. The first-order chi connectivity index (χ1) is 10.1. The molecule has 5 heteroatoms. The summed E-state index contributed by atoms with van der Waals surface area (Å²) in [4.78, 5) is 14.5. The van der Waals surface area contributed by atoms with Gasteiger partial charge in [-0.25, -0.2) is 0 Å². The lowest BCUT2D eigenvalue weighted by molar-refractivity contribution is -0.119. The first-order valence-corrected chi connectivity index (χ1v) is 7.25. The fraction of sp³-hybridized carbons (Fsp3) is 0.375. The van der Waals surface area contributed by atoms with Crippen molar-refractivity contribution in [3.63, 3.8) is 0 Å². The minimum atomic E-state index is 0.0627. The van der Waals surface area contributed by atoms with Crippen LogP contribution in [0.15, 0.2) is 24.3 Å². The Morgan fingerprint density at radius 1 is 1.33 bits per heavy atom. The quantitative estimate of drug-likeness (QED) is 0.918. The summed E-state index contributed by atoms with van der Waals surface area (Å²) in [7, 11) is 0. The standard InChI is InChI=1S/C16H20N4O/c1-11-16(17)12(2)20(18-11)10-15(21)19-9-5-7-13-6-3-4-8-14(13)19/h3-4,6,8H,5,7,9-10,17H2,1-2H3. The van der Waals surface area contributed by atoms with Gasteiger partial charge in [0.05, 0.1) is 17.1 Å². The molecule has 2 heterocycles. The van der Waals surface area contributed by atoms with E-state index in [2.05, 4.69) is 11.2 Å². The summed E-state index contributed by atoms with van der Waals surface area (Å²) in [6, 6.07) is 8.11. The number of carbonyl (C=O) groups excluding carboxylic acids is 1. The Balaban J connectivity index is 1.85. The molecule has 0 fully saturated rings. The third-order valence-corrected chi connectivity index (χ3v) is 4.13. The second kappa shape index (κ2) is 5.24. The van der Waals surface area contributed by atoms with Gasteiger partial charge in [-0.3, -0.25) is 9.48 Å². The van der Waals surface area contributed by atoms with Crippen LogP contribution in [-0.2, 0) is 17.8 Å². The first kappa shape index (κ1) is 13.7. The van der Waals surface area contributed by atoms with Crippen LogP contribution in [0.25, 0.3) is 0 Å². The molecule has 0 bridgehead atoms. The highest BCUT2D eigenvalue weighted by molar-refractivity contribution is 5.94. The Hall–Kier alpha value is -2.30. The van der Waals surface area contributed by atoms with Crippen molar-refractivity contribution in [2.75, 3.05) is 17.2 Å². The van der Waals surface area contributed by atoms with Crippen molar-refractivity contribution >= 4 is 17.3 Å². The van der Waals surface area contributed by atoms with E-state index in [-0.39, 0.29) is 12.5 Å². The largest absolute Gasteiger partial charge is 0.396 e. The number of aryl methyl sites for hydroxylation is 2. The fourth-order valence-corrected chi connectivity index (χ4v) is 2.87. The second-order valence-electron chi connectivity index (χ2n) is 5.52. The van der Waals surface area contributed by atoms with Gasteiger partial charge in [0.15, 0.2) is 0 Å². The van der Waals surface area contributed by atoms with E-state index in [1.54, 1.807) is 4.68 Å². The third kappa shape index (κ3) is 2.39. The summed E-state index contributed by atoms with van der Waals surface area (Å²) in [6.07, 6.45) is 2.04. The van der Waals surface area contributed by atoms with Gasteiger partial charge >= 0.3 is 0 Å². The number of para-hydroxylation sites is 1. The number of nitrogens with zero attached hydrogens (tertiary/aromatic N) is 3. The van der Waals surface area contributed by atoms with Crippen molar-refractivity contribution in [1.29, 1.82) is 0 Å². The maximum atomic E-state index is 12.6. The van der Waals surface area contributed by atoms with Gasteiger partial charge in [-0.2, -0.15) is 5.10 Å². The molecule has 1 aromatic heterocycles. The molecule has 0 aliphatic carbocycles. The zero-order valence-electron chi connectivity index (χ0n) is 12.5. The summed E-state index contributed by atoms with van der Waals surface area (Å²) in [5.41, 5.74) is 10.5. The van der Waals surface area contributed by atoms with Crippen LogP contribution in [0, 0.1) is 13.8 Å². The van der Waals surface area contributed by atoms with Gasteiger partial charge in [0.25, 0.3) is 0 Å². The summed E-state index contributed by atoms with van der Waals surface area (Å²) in [5.74, 6) is 0.0627. The Bertz CT molecular complexity index is 690. The number of aromatic nitrogens is 2. The van der Waals surface area contributed by atoms with Gasteiger partial charge in [0.1, 0.15) is 6.54 Å². The lowest BCUT2D eigenvalue weighted by Crippen LogP contribution is -2.38. The molecule has 1 aliphatic heterocycles. The molecule has 0 saturated carbocycles.